The van der Waals surface area contributed by atoms with E-state index in [0.717, 1.165) is 37.2 Å². The van der Waals surface area contributed by atoms with E-state index in [1.54, 1.807) is 6.20 Å². The highest BCUT2D eigenvalue weighted by Gasteiger charge is 2.20. The fourth-order valence-corrected chi connectivity index (χ4v) is 2.32. The first-order chi connectivity index (χ1) is 8.16. The molecule has 17 heavy (non-hydrogen) atoms. The predicted octanol–water partition coefficient (Wildman–Crippen LogP) is 2.70. The molecule has 1 aromatic heterocycles. The Balaban J connectivity index is 2.03. The highest BCUT2D eigenvalue weighted by Crippen LogP contribution is 2.21. The van der Waals surface area contributed by atoms with Crippen LogP contribution in [0.4, 0.5) is 0 Å². The lowest BCUT2D eigenvalue weighted by atomic mass is 9.92. The average molecular weight is 233 g/mol. The lowest BCUT2D eigenvalue weighted by Gasteiger charge is -2.21. The minimum absolute atomic E-state index is 0.175. The van der Waals surface area contributed by atoms with Gasteiger partial charge >= 0.3 is 0 Å². The number of hydrogen-bond donors (Lipinski definition) is 0. The molecule has 0 aromatic carbocycles. The molecule has 0 radical (unpaired) electrons. The minimum atomic E-state index is 0.175. The highest BCUT2D eigenvalue weighted by atomic mass is 16.5. The minimum Gasteiger partial charge on any atom is -0.381 e. The Hall–Kier alpha value is -1.22. The number of hydrogen-bond acceptors (Lipinski definition) is 3. The van der Waals surface area contributed by atoms with E-state index in [4.69, 9.17) is 4.74 Å². The van der Waals surface area contributed by atoms with E-state index in [1.165, 1.54) is 0 Å². The summed E-state index contributed by atoms with van der Waals surface area (Å²) in [5.41, 5.74) is 2.73. The molecule has 0 aliphatic carbocycles. The molecule has 1 saturated heterocycles. The summed E-state index contributed by atoms with van der Waals surface area (Å²) in [4.78, 5) is 16.4. The predicted molar refractivity (Wildman–Crippen MR) is 66.2 cm³/mol. The topological polar surface area (TPSA) is 39.2 Å². The van der Waals surface area contributed by atoms with Crippen LogP contribution in [0.1, 0.15) is 40.9 Å². The van der Waals surface area contributed by atoms with Crippen molar-refractivity contribution in [2.45, 2.75) is 33.1 Å². The van der Waals surface area contributed by atoms with Crippen LogP contribution in [0.25, 0.3) is 0 Å². The standard InChI is InChI=1S/C14H19NO2/c1-10-7-11(2)14(15-9-10)13(16)8-12-3-5-17-6-4-12/h7,9,12H,3-6,8H2,1-2H3. The average Bonchev–Trinajstić information content (AvgIpc) is 2.30. The zero-order valence-electron chi connectivity index (χ0n) is 10.5. The normalized spacial score (nSPS) is 17.1. The van der Waals surface area contributed by atoms with Crippen LogP contribution >= 0.6 is 0 Å². The van der Waals surface area contributed by atoms with E-state index in [2.05, 4.69) is 4.98 Å². The van der Waals surface area contributed by atoms with E-state index in [0.29, 0.717) is 18.0 Å². The Morgan fingerprint density at radius 3 is 2.76 bits per heavy atom. The molecule has 1 fully saturated rings. The van der Waals surface area contributed by atoms with Crippen molar-refractivity contribution < 1.29 is 9.53 Å². The van der Waals surface area contributed by atoms with E-state index in [1.807, 2.05) is 19.9 Å². The number of carbonyl (C=O) groups is 1. The molecule has 0 bridgehead atoms. The SMILES string of the molecule is Cc1cnc(C(=O)CC2CCOCC2)c(C)c1. The van der Waals surface area contributed by atoms with Gasteiger partial charge in [-0.1, -0.05) is 6.07 Å². The first-order valence-electron chi connectivity index (χ1n) is 6.21. The third-order valence-electron chi connectivity index (χ3n) is 3.29. The van der Waals surface area contributed by atoms with Gasteiger partial charge in [0.05, 0.1) is 0 Å². The van der Waals surface area contributed by atoms with Gasteiger partial charge in [0.1, 0.15) is 5.69 Å². The molecule has 3 nitrogen and oxygen atoms in total. The zero-order valence-corrected chi connectivity index (χ0v) is 10.5. The first-order valence-corrected chi connectivity index (χ1v) is 6.21. The summed E-state index contributed by atoms with van der Waals surface area (Å²) < 4.78 is 5.30. The number of aromatic nitrogens is 1. The third kappa shape index (κ3) is 3.13. The van der Waals surface area contributed by atoms with Crippen molar-refractivity contribution in [3.8, 4) is 0 Å². The molecule has 0 N–H and O–H groups in total. The van der Waals surface area contributed by atoms with Crippen molar-refractivity contribution >= 4 is 5.78 Å². The van der Waals surface area contributed by atoms with Crippen LogP contribution in [-0.2, 0) is 4.74 Å². The van der Waals surface area contributed by atoms with E-state index in [-0.39, 0.29) is 5.78 Å². The van der Waals surface area contributed by atoms with Crippen LogP contribution < -0.4 is 0 Å². The molecule has 0 unspecified atom stereocenters. The summed E-state index contributed by atoms with van der Waals surface area (Å²) in [5.74, 6) is 0.646. The largest absolute Gasteiger partial charge is 0.381 e. The van der Waals surface area contributed by atoms with E-state index < -0.39 is 0 Å². The molecule has 92 valence electrons. The van der Waals surface area contributed by atoms with Crippen LogP contribution in [-0.4, -0.2) is 24.0 Å². The smallest absolute Gasteiger partial charge is 0.181 e. The molecular formula is C14H19NO2. The van der Waals surface area contributed by atoms with Gasteiger partial charge in [-0.2, -0.15) is 0 Å². The summed E-state index contributed by atoms with van der Waals surface area (Å²) in [7, 11) is 0. The van der Waals surface area contributed by atoms with Crippen LogP contribution in [0.3, 0.4) is 0 Å². The lowest BCUT2D eigenvalue weighted by molar-refractivity contribution is 0.0599. The van der Waals surface area contributed by atoms with Gasteiger partial charge in [0.15, 0.2) is 5.78 Å². The van der Waals surface area contributed by atoms with Gasteiger partial charge in [-0.3, -0.25) is 9.78 Å². The fourth-order valence-electron chi connectivity index (χ4n) is 2.32. The summed E-state index contributed by atoms with van der Waals surface area (Å²) in [6.07, 6.45) is 4.37. The Bertz CT molecular complexity index is 409. The highest BCUT2D eigenvalue weighted by molar-refractivity contribution is 5.95. The molecule has 1 aliphatic heterocycles. The molecule has 0 amide bonds. The van der Waals surface area contributed by atoms with Crippen LogP contribution in [0, 0.1) is 19.8 Å². The lowest BCUT2D eigenvalue weighted by Crippen LogP contribution is -2.19. The first kappa shape index (κ1) is 12.2. The number of nitrogens with zero attached hydrogens (tertiary/aromatic N) is 1. The second-order valence-corrected chi connectivity index (χ2v) is 4.86. The second kappa shape index (κ2) is 5.41. The molecule has 0 saturated carbocycles. The molecule has 0 atom stereocenters. The number of rotatable bonds is 3. The van der Waals surface area contributed by atoms with Gasteiger partial charge < -0.3 is 4.74 Å². The van der Waals surface area contributed by atoms with Crippen molar-refractivity contribution in [3.05, 3.63) is 29.1 Å². The van der Waals surface area contributed by atoms with Gasteiger partial charge in [-0.15, -0.1) is 0 Å². The fraction of sp³-hybridized carbons (Fsp3) is 0.571. The van der Waals surface area contributed by atoms with E-state index in [9.17, 15) is 4.79 Å². The van der Waals surface area contributed by atoms with Crippen LogP contribution in [0.5, 0.6) is 0 Å². The summed E-state index contributed by atoms with van der Waals surface area (Å²) in [6, 6.07) is 2.02. The van der Waals surface area contributed by atoms with Crippen molar-refractivity contribution in [1.82, 2.24) is 4.98 Å². The molecule has 2 heterocycles. The monoisotopic (exact) mass is 233 g/mol. The summed E-state index contributed by atoms with van der Waals surface area (Å²) in [6.45, 7) is 5.53. The molecule has 1 aliphatic rings. The Morgan fingerprint density at radius 1 is 1.41 bits per heavy atom. The number of carbonyl (C=O) groups excluding carboxylic acids is 1. The summed E-state index contributed by atoms with van der Waals surface area (Å²) in [5, 5.41) is 0. The van der Waals surface area contributed by atoms with Gasteiger partial charge in [0.2, 0.25) is 0 Å². The number of aryl methyl sites for hydroxylation is 2. The van der Waals surface area contributed by atoms with Crippen LogP contribution in [0.2, 0.25) is 0 Å². The number of ether oxygens (including phenoxy) is 1. The molecule has 1 aromatic rings. The van der Waals surface area contributed by atoms with E-state index >= 15 is 0 Å². The molecular weight excluding hydrogens is 214 g/mol. The number of pyridine rings is 1. The van der Waals surface area contributed by atoms with Crippen molar-refractivity contribution in [1.29, 1.82) is 0 Å². The van der Waals surface area contributed by atoms with Crippen molar-refractivity contribution in [2.75, 3.05) is 13.2 Å². The second-order valence-electron chi connectivity index (χ2n) is 4.86. The van der Waals surface area contributed by atoms with Gasteiger partial charge in [-0.05, 0) is 43.7 Å². The zero-order chi connectivity index (χ0) is 12.3. The number of ketones is 1. The molecule has 3 heteroatoms. The Kier molecular flexibility index (Phi) is 3.89. The molecule has 2 rings (SSSR count). The maximum Gasteiger partial charge on any atom is 0.181 e. The van der Waals surface area contributed by atoms with Crippen LogP contribution in [0.15, 0.2) is 12.3 Å². The maximum atomic E-state index is 12.1. The third-order valence-corrected chi connectivity index (χ3v) is 3.29. The van der Waals surface area contributed by atoms with Crippen molar-refractivity contribution in [3.63, 3.8) is 0 Å². The Morgan fingerprint density at radius 2 is 2.12 bits per heavy atom. The van der Waals surface area contributed by atoms with Gasteiger partial charge in [0, 0.05) is 25.8 Å². The maximum absolute atomic E-state index is 12.1. The van der Waals surface area contributed by atoms with Gasteiger partial charge in [-0.25, -0.2) is 0 Å². The van der Waals surface area contributed by atoms with Crippen molar-refractivity contribution in [2.24, 2.45) is 5.92 Å². The summed E-state index contributed by atoms with van der Waals surface area (Å²) >= 11 is 0. The molecule has 0 spiro atoms. The van der Waals surface area contributed by atoms with Gasteiger partial charge in [0.25, 0.3) is 0 Å². The Labute approximate surface area is 102 Å². The quantitative estimate of drug-likeness (QED) is 0.753. The number of Topliss-reactive ketones (excluding diaryl/α,β-unsaturated/α-hetero) is 1.